The van der Waals surface area contributed by atoms with Gasteiger partial charge < -0.3 is 5.11 Å². The minimum absolute atomic E-state index is 0.0486. The SMILES string of the molecule is Cc1ccc(-n2nc(C(=O)O)c3c2CCC3)c(F)c1. The first kappa shape index (κ1) is 11.9. The first-order chi connectivity index (χ1) is 9.08. The molecule has 4 nitrogen and oxygen atoms in total. The molecule has 1 N–H and O–H groups in total. The van der Waals surface area contributed by atoms with E-state index in [1.807, 2.05) is 6.92 Å². The average molecular weight is 260 g/mol. The number of rotatable bonds is 2. The van der Waals surface area contributed by atoms with Crippen LogP contribution in [-0.2, 0) is 12.8 Å². The Morgan fingerprint density at radius 2 is 2.21 bits per heavy atom. The third kappa shape index (κ3) is 1.82. The van der Waals surface area contributed by atoms with Crippen LogP contribution in [0.25, 0.3) is 5.69 Å². The fourth-order valence-electron chi connectivity index (χ4n) is 2.59. The van der Waals surface area contributed by atoms with Gasteiger partial charge in [0, 0.05) is 11.3 Å². The van der Waals surface area contributed by atoms with Gasteiger partial charge in [0.1, 0.15) is 11.5 Å². The number of carboxylic acid groups (broad SMARTS) is 1. The number of carboxylic acids is 1. The third-order valence-electron chi connectivity index (χ3n) is 3.46. The molecule has 19 heavy (non-hydrogen) atoms. The number of carbonyl (C=O) groups is 1. The van der Waals surface area contributed by atoms with Crippen molar-refractivity contribution in [3.63, 3.8) is 0 Å². The summed E-state index contributed by atoms with van der Waals surface area (Å²) in [5, 5.41) is 13.2. The van der Waals surface area contributed by atoms with Crippen LogP contribution in [0, 0.1) is 12.7 Å². The molecule has 1 aliphatic rings. The highest BCUT2D eigenvalue weighted by Crippen LogP contribution is 2.28. The first-order valence-corrected chi connectivity index (χ1v) is 6.18. The highest BCUT2D eigenvalue weighted by atomic mass is 19.1. The Kier molecular flexibility index (Phi) is 2.62. The van der Waals surface area contributed by atoms with Crippen molar-refractivity contribution in [1.82, 2.24) is 9.78 Å². The molecule has 1 aromatic heterocycles. The molecule has 0 fully saturated rings. The van der Waals surface area contributed by atoms with Crippen molar-refractivity contribution < 1.29 is 14.3 Å². The van der Waals surface area contributed by atoms with E-state index in [0.717, 1.165) is 29.7 Å². The quantitative estimate of drug-likeness (QED) is 0.902. The molecule has 0 atom stereocenters. The zero-order valence-corrected chi connectivity index (χ0v) is 10.5. The van der Waals surface area contributed by atoms with Gasteiger partial charge in [0.05, 0.1) is 0 Å². The number of fused-ring (bicyclic) bond motifs is 1. The molecule has 0 saturated carbocycles. The Hall–Kier alpha value is -2.17. The van der Waals surface area contributed by atoms with Gasteiger partial charge in [-0.3, -0.25) is 0 Å². The minimum atomic E-state index is -1.05. The zero-order chi connectivity index (χ0) is 13.6. The van der Waals surface area contributed by atoms with E-state index in [1.54, 1.807) is 12.1 Å². The standard InChI is InChI=1S/C14H13FN2O2/c1-8-5-6-12(10(15)7-8)17-11-4-2-3-9(11)13(16-17)14(18)19/h5-7H,2-4H2,1H3,(H,18,19). The van der Waals surface area contributed by atoms with Crippen LogP contribution in [0.4, 0.5) is 4.39 Å². The molecule has 5 heteroatoms. The second-order valence-electron chi connectivity index (χ2n) is 4.80. The summed E-state index contributed by atoms with van der Waals surface area (Å²) in [6.45, 7) is 1.81. The predicted molar refractivity (Wildman–Crippen MR) is 67.2 cm³/mol. The second kappa shape index (κ2) is 4.19. The summed E-state index contributed by atoms with van der Waals surface area (Å²) >= 11 is 0. The number of hydrogen-bond acceptors (Lipinski definition) is 2. The van der Waals surface area contributed by atoms with Crippen molar-refractivity contribution >= 4 is 5.97 Å². The molecule has 0 spiro atoms. The Morgan fingerprint density at radius 3 is 2.89 bits per heavy atom. The number of nitrogens with zero attached hydrogens (tertiary/aromatic N) is 2. The van der Waals surface area contributed by atoms with Crippen molar-refractivity contribution in [2.24, 2.45) is 0 Å². The number of aryl methyl sites for hydroxylation is 1. The summed E-state index contributed by atoms with van der Waals surface area (Å²) < 4.78 is 15.5. The zero-order valence-electron chi connectivity index (χ0n) is 10.5. The van der Waals surface area contributed by atoms with Crippen molar-refractivity contribution in [2.45, 2.75) is 26.2 Å². The summed E-state index contributed by atoms with van der Waals surface area (Å²) in [4.78, 5) is 11.2. The number of benzene rings is 1. The molecule has 0 unspecified atom stereocenters. The second-order valence-corrected chi connectivity index (χ2v) is 4.80. The molecular formula is C14H13FN2O2. The smallest absolute Gasteiger partial charge is 0.356 e. The van der Waals surface area contributed by atoms with E-state index in [4.69, 9.17) is 5.11 Å². The Morgan fingerprint density at radius 1 is 1.42 bits per heavy atom. The third-order valence-corrected chi connectivity index (χ3v) is 3.46. The number of aromatic nitrogens is 2. The van der Waals surface area contributed by atoms with Crippen molar-refractivity contribution in [1.29, 1.82) is 0 Å². The topological polar surface area (TPSA) is 55.1 Å². The molecule has 0 saturated heterocycles. The molecule has 0 amide bonds. The maximum atomic E-state index is 14.0. The maximum absolute atomic E-state index is 14.0. The molecule has 0 radical (unpaired) electrons. The first-order valence-electron chi connectivity index (χ1n) is 6.18. The molecule has 3 rings (SSSR count). The molecule has 98 valence electrons. The van der Waals surface area contributed by atoms with Crippen LogP contribution >= 0.6 is 0 Å². The molecule has 0 bridgehead atoms. The summed E-state index contributed by atoms with van der Waals surface area (Å²) in [6.07, 6.45) is 2.33. The van der Waals surface area contributed by atoms with Gasteiger partial charge in [0.25, 0.3) is 0 Å². The molecule has 1 heterocycles. The van der Waals surface area contributed by atoms with Gasteiger partial charge in [-0.25, -0.2) is 13.9 Å². The normalized spacial score (nSPS) is 13.6. The lowest BCUT2D eigenvalue weighted by molar-refractivity contribution is 0.0689. The minimum Gasteiger partial charge on any atom is -0.476 e. The Labute approximate surface area is 109 Å². The maximum Gasteiger partial charge on any atom is 0.356 e. The van der Waals surface area contributed by atoms with Crippen LogP contribution < -0.4 is 0 Å². The van der Waals surface area contributed by atoms with Gasteiger partial charge in [-0.2, -0.15) is 5.10 Å². The van der Waals surface area contributed by atoms with Crippen LogP contribution in [0.5, 0.6) is 0 Å². The summed E-state index contributed by atoms with van der Waals surface area (Å²) in [7, 11) is 0. The monoisotopic (exact) mass is 260 g/mol. The lowest BCUT2D eigenvalue weighted by Gasteiger charge is -2.07. The summed E-state index contributed by atoms with van der Waals surface area (Å²) in [5.74, 6) is -1.43. The van der Waals surface area contributed by atoms with Crippen LogP contribution in [0.3, 0.4) is 0 Å². The number of halogens is 1. The lowest BCUT2D eigenvalue weighted by atomic mass is 10.2. The molecule has 2 aromatic rings. The van der Waals surface area contributed by atoms with Crippen molar-refractivity contribution in [3.05, 3.63) is 46.5 Å². The lowest BCUT2D eigenvalue weighted by Crippen LogP contribution is -2.06. The Bertz CT molecular complexity index is 676. The van der Waals surface area contributed by atoms with Gasteiger partial charge in [-0.15, -0.1) is 0 Å². The van der Waals surface area contributed by atoms with E-state index in [0.29, 0.717) is 12.1 Å². The fourth-order valence-corrected chi connectivity index (χ4v) is 2.59. The summed E-state index contributed by atoms with van der Waals surface area (Å²) in [5.41, 5.74) is 2.75. The van der Waals surface area contributed by atoms with Gasteiger partial charge in [0.15, 0.2) is 5.69 Å². The highest BCUT2D eigenvalue weighted by molar-refractivity contribution is 5.87. The molecule has 1 aromatic carbocycles. The van der Waals surface area contributed by atoms with Gasteiger partial charge in [-0.05, 0) is 43.9 Å². The average Bonchev–Trinajstić information content (AvgIpc) is 2.90. The van der Waals surface area contributed by atoms with Crippen LogP contribution in [-0.4, -0.2) is 20.9 Å². The van der Waals surface area contributed by atoms with Crippen LogP contribution in [0.15, 0.2) is 18.2 Å². The van der Waals surface area contributed by atoms with Crippen molar-refractivity contribution in [3.8, 4) is 5.69 Å². The van der Waals surface area contributed by atoms with E-state index in [2.05, 4.69) is 5.10 Å². The van der Waals surface area contributed by atoms with E-state index < -0.39 is 5.97 Å². The number of aromatic carboxylic acids is 1. The summed E-state index contributed by atoms with van der Waals surface area (Å²) in [6, 6.07) is 4.86. The molecule has 1 aliphatic carbocycles. The van der Waals surface area contributed by atoms with Gasteiger partial charge >= 0.3 is 5.97 Å². The van der Waals surface area contributed by atoms with Crippen molar-refractivity contribution in [2.75, 3.05) is 0 Å². The van der Waals surface area contributed by atoms with Gasteiger partial charge in [0.2, 0.25) is 0 Å². The van der Waals surface area contributed by atoms with E-state index in [1.165, 1.54) is 10.7 Å². The van der Waals surface area contributed by atoms with Crippen LogP contribution in [0.1, 0.15) is 33.7 Å². The number of hydrogen-bond donors (Lipinski definition) is 1. The van der Waals surface area contributed by atoms with Crippen LogP contribution in [0.2, 0.25) is 0 Å². The van der Waals surface area contributed by atoms with Gasteiger partial charge in [-0.1, -0.05) is 6.07 Å². The fraction of sp³-hybridized carbons (Fsp3) is 0.286. The predicted octanol–water partition coefficient (Wildman–Crippen LogP) is 2.51. The molecule has 0 aliphatic heterocycles. The molecular weight excluding hydrogens is 247 g/mol. The Balaban J connectivity index is 2.21. The van der Waals surface area contributed by atoms with E-state index >= 15 is 0 Å². The highest BCUT2D eigenvalue weighted by Gasteiger charge is 2.27. The van der Waals surface area contributed by atoms with E-state index in [9.17, 15) is 9.18 Å². The van der Waals surface area contributed by atoms with E-state index in [-0.39, 0.29) is 11.5 Å². The largest absolute Gasteiger partial charge is 0.476 e.